The molecular weight excluding hydrogens is 396 g/mol. The second-order valence-corrected chi connectivity index (χ2v) is 7.11. The highest BCUT2D eigenvalue weighted by Crippen LogP contribution is 2.33. The van der Waals surface area contributed by atoms with Crippen molar-refractivity contribution in [3.05, 3.63) is 52.5 Å². The number of anilines is 2. The van der Waals surface area contributed by atoms with Crippen molar-refractivity contribution in [1.29, 1.82) is 0 Å². The zero-order chi connectivity index (χ0) is 18.7. The van der Waals surface area contributed by atoms with Crippen molar-refractivity contribution in [2.75, 3.05) is 23.4 Å². The average molecular weight is 417 g/mol. The Morgan fingerprint density at radius 1 is 1.31 bits per heavy atom. The van der Waals surface area contributed by atoms with E-state index in [4.69, 9.17) is 4.74 Å². The Kier molecular flexibility index (Phi) is 5.61. The van der Waals surface area contributed by atoms with Gasteiger partial charge in [-0.05, 0) is 49.7 Å². The third-order valence-electron chi connectivity index (χ3n) is 4.38. The van der Waals surface area contributed by atoms with Gasteiger partial charge in [0.15, 0.2) is 0 Å². The van der Waals surface area contributed by atoms with Crippen LogP contribution in [0.25, 0.3) is 0 Å². The molecule has 1 aliphatic rings. The molecule has 1 atom stereocenters. The van der Waals surface area contributed by atoms with Gasteiger partial charge in [-0.15, -0.1) is 0 Å². The van der Waals surface area contributed by atoms with Gasteiger partial charge in [0.25, 0.3) is 0 Å². The second-order valence-electron chi connectivity index (χ2n) is 6.26. The number of rotatable bonds is 5. The normalized spacial score (nSPS) is 16.7. The van der Waals surface area contributed by atoms with E-state index in [1.807, 2.05) is 56.3 Å². The molecule has 2 amide bonds. The molecule has 26 heavy (non-hydrogen) atoms. The van der Waals surface area contributed by atoms with E-state index in [0.717, 1.165) is 15.7 Å². The van der Waals surface area contributed by atoms with Crippen molar-refractivity contribution in [2.24, 2.45) is 5.92 Å². The van der Waals surface area contributed by atoms with Crippen LogP contribution in [-0.2, 0) is 9.59 Å². The van der Waals surface area contributed by atoms with E-state index in [-0.39, 0.29) is 24.2 Å². The first-order valence-electron chi connectivity index (χ1n) is 8.58. The number of nitrogens with one attached hydrogen (secondary N) is 1. The van der Waals surface area contributed by atoms with Gasteiger partial charge < -0.3 is 15.0 Å². The lowest BCUT2D eigenvalue weighted by Crippen LogP contribution is -2.28. The molecule has 2 aromatic rings. The van der Waals surface area contributed by atoms with Crippen molar-refractivity contribution in [1.82, 2.24) is 0 Å². The molecule has 1 heterocycles. The molecule has 0 aromatic heterocycles. The summed E-state index contributed by atoms with van der Waals surface area (Å²) in [5.74, 6) is 0.0647. The maximum absolute atomic E-state index is 12.6. The molecule has 1 N–H and O–H groups in total. The highest BCUT2D eigenvalue weighted by atomic mass is 79.9. The zero-order valence-electron chi connectivity index (χ0n) is 14.8. The van der Waals surface area contributed by atoms with E-state index < -0.39 is 0 Å². The molecule has 136 valence electrons. The molecule has 0 saturated carbocycles. The predicted molar refractivity (Wildman–Crippen MR) is 106 cm³/mol. The number of halogens is 1. The number of aryl methyl sites for hydroxylation is 1. The molecule has 1 aliphatic heterocycles. The second kappa shape index (κ2) is 7.91. The lowest BCUT2D eigenvalue weighted by molar-refractivity contribution is -0.122. The Morgan fingerprint density at radius 3 is 2.81 bits per heavy atom. The molecule has 5 nitrogen and oxygen atoms in total. The summed E-state index contributed by atoms with van der Waals surface area (Å²) in [6.45, 7) is 4.74. The zero-order valence-corrected chi connectivity index (χ0v) is 16.4. The molecule has 2 aromatic carbocycles. The van der Waals surface area contributed by atoms with E-state index in [2.05, 4.69) is 21.2 Å². The molecule has 0 unspecified atom stereocenters. The highest BCUT2D eigenvalue weighted by Gasteiger charge is 2.36. The van der Waals surface area contributed by atoms with Crippen molar-refractivity contribution in [3.8, 4) is 5.75 Å². The number of carbonyl (C=O) groups excluding carboxylic acids is 2. The molecule has 0 radical (unpaired) electrons. The van der Waals surface area contributed by atoms with E-state index in [1.54, 1.807) is 4.90 Å². The van der Waals surface area contributed by atoms with Crippen LogP contribution in [0.15, 0.2) is 46.9 Å². The Balaban J connectivity index is 1.73. The summed E-state index contributed by atoms with van der Waals surface area (Å²) in [5.41, 5.74) is 2.49. The van der Waals surface area contributed by atoms with E-state index in [0.29, 0.717) is 24.6 Å². The SMILES string of the molecule is CCOc1ccccc1N1C[C@@H](C(=O)Nc2ccc(Br)c(C)c2)CC1=O. The summed E-state index contributed by atoms with van der Waals surface area (Å²) in [6.07, 6.45) is 0.196. The number of para-hydroxylation sites is 2. The molecule has 1 saturated heterocycles. The minimum atomic E-state index is -0.388. The van der Waals surface area contributed by atoms with Crippen LogP contribution in [0.4, 0.5) is 11.4 Å². The van der Waals surface area contributed by atoms with Gasteiger partial charge in [0.05, 0.1) is 18.2 Å². The van der Waals surface area contributed by atoms with Crippen LogP contribution in [0.2, 0.25) is 0 Å². The Morgan fingerprint density at radius 2 is 2.08 bits per heavy atom. The average Bonchev–Trinajstić information content (AvgIpc) is 3.01. The van der Waals surface area contributed by atoms with Crippen molar-refractivity contribution < 1.29 is 14.3 Å². The Bertz CT molecular complexity index is 838. The molecule has 3 rings (SSSR count). The Labute approximate surface area is 161 Å². The van der Waals surface area contributed by atoms with Crippen LogP contribution in [-0.4, -0.2) is 25.0 Å². The lowest BCUT2D eigenvalue weighted by Gasteiger charge is -2.20. The van der Waals surface area contributed by atoms with Gasteiger partial charge in [-0.1, -0.05) is 28.1 Å². The van der Waals surface area contributed by atoms with E-state index >= 15 is 0 Å². The monoisotopic (exact) mass is 416 g/mol. The van der Waals surface area contributed by atoms with Gasteiger partial charge in [0.2, 0.25) is 11.8 Å². The highest BCUT2D eigenvalue weighted by molar-refractivity contribution is 9.10. The third-order valence-corrected chi connectivity index (χ3v) is 5.27. The number of hydrogen-bond donors (Lipinski definition) is 1. The first-order valence-corrected chi connectivity index (χ1v) is 9.38. The fourth-order valence-corrected chi connectivity index (χ4v) is 3.29. The molecular formula is C20H21BrN2O3. The summed E-state index contributed by atoms with van der Waals surface area (Å²) in [7, 11) is 0. The number of nitrogens with zero attached hydrogens (tertiary/aromatic N) is 1. The lowest BCUT2D eigenvalue weighted by atomic mass is 10.1. The first-order chi connectivity index (χ1) is 12.5. The minimum absolute atomic E-state index is 0.0655. The van der Waals surface area contributed by atoms with Crippen LogP contribution in [0, 0.1) is 12.8 Å². The van der Waals surface area contributed by atoms with Gasteiger partial charge in [0, 0.05) is 23.1 Å². The number of benzene rings is 2. The van der Waals surface area contributed by atoms with Crippen LogP contribution in [0.5, 0.6) is 5.75 Å². The Hall–Kier alpha value is -2.34. The van der Waals surface area contributed by atoms with Crippen LogP contribution < -0.4 is 15.0 Å². The van der Waals surface area contributed by atoms with E-state index in [9.17, 15) is 9.59 Å². The maximum Gasteiger partial charge on any atom is 0.229 e. The van der Waals surface area contributed by atoms with Crippen LogP contribution >= 0.6 is 15.9 Å². The summed E-state index contributed by atoms with van der Waals surface area (Å²) < 4.78 is 6.61. The summed E-state index contributed by atoms with van der Waals surface area (Å²) in [5, 5.41) is 2.91. The van der Waals surface area contributed by atoms with Crippen LogP contribution in [0.1, 0.15) is 18.9 Å². The first kappa shape index (κ1) is 18.5. The summed E-state index contributed by atoms with van der Waals surface area (Å²) in [6, 6.07) is 13.1. The van der Waals surface area contributed by atoms with Gasteiger partial charge in [-0.3, -0.25) is 9.59 Å². The van der Waals surface area contributed by atoms with E-state index in [1.165, 1.54) is 0 Å². The number of carbonyl (C=O) groups is 2. The van der Waals surface area contributed by atoms with Gasteiger partial charge in [0.1, 0.15) is 5.75 Å². The quantitative estimate of drug-likeness (QED) is 0.796. The van der Waals surface area contributed by atoms with Crippen molar-refractivity contribution in [2.45, 2.75) is 20.3 Å². The molecule has 0 bridgehead atoms. The maximum atomic E-state index is 12.6. The van der Waals surface area contributed by atoms with Gasteiger partial charge in [-0.25, -0.2) is 0 Å². The third kappa shape index (κ3) is 3.90. The summed E-state index contributed by atoms with van der Waals surface area (Å²) in [4.78, 5) is 26.7. The van der Waals surface area contributed by atoms with Crippen molar-refractivity contribution in [3.63, 3.8) is 0 Å². The largest absolute Gasteiger partial charge is 0.492 e. The standard InChI is InChI=1S/C20H21BrN2O3/c1-3-26-18-7-5-4-6-17(18)23-12-14(11-19(23)24)20(25)22-15-8-9-16(21)13(2)10-15/h4-10,14H,3,11-12H2,1-2H3,(H,22,25)/t14-/m0/s1. The predicted octanol–water partition coefficient (Wildman–Crippen LogP) is 4.15. The number of amides is 2. The molecule has 6 heteroatoms. The van der Waals surface area contributed by atoms with Crippen molar-refractivity contribution >= 4 is 39.1 Å². The van der Waals surface area contributed by atoms with Crippen LogP contribution in [0.3, 0.4) is 0 Å². The number of ether oxygens (including phenoxy) is 1. The fourth-order valence-electron chi connectivity index (χ4n) is 3.04. The summed E-state index contributed by atoms with van der Waals surface area (Å²) >= 11 is 3.45. The molecule has 0 spiro atoms. The molecule has 0 aliphatic carbocycles. The van der Waals surface area contributed by atoms with Gasteiger partial charge >= 0.3 is 0 Å². The smallest absolute Gasteiger partial charge is 0.229 e. The minimum Gasteiger partial charge on any atom is -0.492 e. The van der Waals surface area contributed by atoms with Gasteiger partial charge in [-0.2, -0.15) is 0 Å². The molecule has 1 fully saturated rings. The topological polar surface area (TPSA) is 58.6 Å². The fraction of sp³-hybridized carbons (Fsp3) is 0.300. The number of hydrogen-bond acceptors (Lipinski definition) is 3.